The predicted molar refractivity (Wildman–Crippen MR) is 90.1 cm³/mol. The van der Waals surface area contributed by atoms with E-state index in [-0.39, 0.29) is 5.82 Å². The Morgan fingerprint density at radius 3 is 2.38 bits per heavy atom. The molecule has 0 aliphatic heterocycles. The molecule has 5 nitrogen and oxygen atoms in total. The van der Waals surface area contributed by atoms with Crippen molar-refractivity contribution in [3.05, 3.63) is 54.3 Å². The first-order chi connectivity index (χ1) is 11.8. The number of fused-ring (bicyclic) bond motifs is 2. The van der Waals surface area contributed by atoms with Gasteiger partial charge in [0.2, 0.25) is 0 Å². The summed E-state index contributed by atoms with van der Waals surface area (Å²) in [7, 11) is 1.65. The van der Waals surface area contributed by atoms with Crippen LogP contribution in [-0.4, -0.2) is 33.2 Å². The molecule has 24 heavy (non-hydrogen) atoms. The molecule has 0 fully saturated rings. The largest absolute Gasteiger partial charge is 0.383 e. The maximum Gasteiger partial charge on any atom is 0.198 e. The highest BCUT2D eigenvalue weighted by Crippen LogP contribution is 2.24. The lowest BCUT2D eigenvalue weighted by molar-refractivity contribution is 0.188. The lowest BCUT2D eigenvalue weighted by Crippen LogP contribution is -2.07. The highest BCUT2D eigenvalue weighted by atomic mass is 19.1. The Morgan fingerprint density at radius 1 is 0.958 bits per heavy atom. The summed E-state index contributed by atoms with van der Waals surface area (Å²) in [6, 6.07) is 13.9. The Hall–Kier alpha value is -2.86. The van der Waals surface area contributed by atoms with Crippen LogP contribution >= 0.6 is 0 Å². The highest BCUT2D eigenvalue weighted by molar-refractivity contribution is 5.84. The van der Waals surface area contributed by atoms with Crippen molar-refractivity contribution in [2.24, 2.45) is 0 Å². The first kappa shape index (κ1) is 14.7. The van der Waals surface area contributed by atoms with Crippen molar-refractivity contribution >= 4 is 22.3 Å². The van der Waals surface area contributed by atoms with Crippen molar-refractivity contribution in [2.75, 3.05) is 13.7 Å². The van der Waals surface area contributed by atoms with E-state index in [1.165, 1.54) is 12.1 Å². The minimum absolute atomic E-state index is 0.278. The van der Waals surface area contributed by atoms with Crippen molar-refractivity contribution in [1.29, 1.82) is 0 Å². The Labute approximate surface area is 137 Å². The molecule has 0 unspecified atom stereocenters. The van der Waals surface area contributed by atoms with Gasteiger partial charge in [0, 0.05) is 19.2 Å². The zero-order chi connectivity index (χ0) is 16.5. The molecule has 0 aliphatic rings. The molecular weight excluding hydrogens is 307 g/mol. The van der Waals surface area contributed by atoms with Crippen LogP contribution in [0.3, 0.4) is 0 Å². The SMILES string of the molecule is COCCn1c(-c2ccc(F)cc2)nc2nc3ccccc3nc21. The topological polar surface area (TPSA) is 52.8 Å². The van der Waals surface area contributed by atoms with Gasteiger partial charge in [0.05, 0.1) is 17.6 Å². The quantitative estimate of drug-likeness (QED) is 0.577. The average molecular weight is 322 g/mol. The van der Waals surface area contributed by atoms with Gasteiger partial charge in [0.1, 0.15) is 11.6 Å². The van der Waals surface area contributed by atoms with Gasteiger partial charge in [0.25, 0.3) is 0 Å². The number of ether oxygens (including phenoxy) is 1. The Morgan fingerprint density at radius 2 is 1.67 bits per heavy atom. The molecule has 120 valence electrons. The fraction of sp³-hybridized carbons (Fsp3) is 0.167. The second-order valence-corrected chi connectivity index (χ2v) is 5.45. The number of imidazole rings is 1. The van der Waals surface area contributed by atoms with Crippen LogP contribution in [-0.2, 0) is 11.3 Å². The number of aromatic nitrogens is 4. The van der Waals surface area contributed by atoms with Gasteiger partial charge in [-0.3, -0.25) is 0 Å². The second-order valence-electron chi connectivity index (χ2n) is 5.45. The molecule has 0 saturated heterocycles. The van der Waals surface area contributed by atoms with E-state index in [9.17, 15) is 4.39 Å². The summed E-state index contributed by atoms with van der Waals surface area (Å²) in [5.74, 6) is 0.428. The molecule has 2 heterocycles. The van der Waals surface area contributed by atoms with Crippen molar-refractivity contribution in [1.82, 2.24) is 19.5 Å². The van der Waals surface area contributed by atoms with Gasteiger partial charge in [0.15, 0.2) is 11.3 Å². The number of rotatable bonds is 4. The smallest absolute Gasteiger partial charge is 0.198 e. The number of methoxy groups -OCH3 is 1. The van der Waals surface area contributed by atoms with Gasteiger partial charge < -0.3 is 9.30 Å². The summed E-state index contributed by atoms with van der Waals surface area (Å²) in [5, 5.41) is 0. The fourth-order valence-corrected chi connectivity index (χ4v) is 2.71. The molecule has 0 aliphatic carbocycles. The van der Waals surface area contributed by atoms with Crippen LogP contribution in [0.5, 0.6) is 0 Å². The van der Waals surface area contributed by atoms with E-state index < -0.39 is 0 Å². The first-order valence-corrected chi connectivity index (χ1v) is 7.64. The average Bonchev–Trinajstić information content (AvgIpc) is 2.96. The van der Waals surface area contributed by atoms with Crippen LogP contribution in [0.15, 0.2) is 48.5 Å². The standard InChI is InChI=1S/C18H15FN4O/c1-24-11-10-23-17(12-6-8-13(19)9-7-12)22-16-18(23)21-15-5-3-2-4-14(15)20-16/h2-9H,10-11H2,1H3. The lowest BCUT2D eigenvalue weighted by atomic mass is 10.2. The van der Waals surface area contributed by atoms with Gasteiger partial charge in [-0.2, -0.15) is 0 Å². The third-order valence-corrected chi connectivity index (χ3v) is 3.88. The summed E-state index contributed by atoms with van der Waals surface area (Å²) in [4.78, 5) is 13.9. The van der Waals surface area contributed by atoms with Gasteiger partial charge in [-0.25, -0.2) is 19.3 Å². The number of benzene rings is 2. The summed E-state index contributed by atoms with van der Waals surface area (Å²) in [6.45, 7) is 1.11. The molecule has 0 amide bonds. The number of nitrogens with zero attached hydrogens (tertiary/aromatic N) is 4. The van der Waals surface area contributed by atoms with E-state index in [0.29, 0.717) is 30.3 Å². The van der Waals surface area contributed by atoms with Crippen LogP contribution in [0, 0.1) is 5.82 Å². The zero-order valence-electron chi connectivity index (χ0n) is 13.1. The van der Waals surface area contributed by atoms with E-state index >= 15 is 0 Å². The Bertz CT molecular complexity index is 1010. The molecular formula is C18H15FN4O. The van der Waals surface area contributed by atoms with Gasteiger partial charge in [-0.15, -0.1) is 0 Å². The van der Waals surface area contributed by atoms with Crippen LogP contribution in [0.25, 0.3) is 33.7 Å². The molecule has 0 bridgehead atoms. The zero-order valence-corrected chi connectivity index (χ0v) is 13.1. The fourth-order valence-electron chi connectivity index (χ4n) is 2.71. The maximum absolute atomic E-state index is 13.2. The van der Waals surface area contributed by atoms with E-state index in [1.54, 1.807) is 19.2 Å². The number of hydrogen-bond acceptors (Lipinski definition) is 4. The minimum atomic E-state index is -0.278. The molecule has 6 heteroatoms. The van der Waals surface area contributed by atoms with Crippen LogP contribution in [0.2, 0.25) is 0 Å². The third kappa shape index (κ3) is 2.51. The minimum Gasteiger partial charge on any atom is -0.383 e. The molecule has 2 aromatic heterocycles. The number of halogens is 1. The summed E-state index contributed by atoms with van der Waals surface area (Å²) < 4.78 is 20.4. The summed E-state index contributed by atoms with van der Waals surface area (Å²) >= 11 is 0. The number of para-hydroxylation sites is 2. The molecule has 0 spiro atoms. The number of hydrogen-bond donors (Lipinski definition) is 0. The molecule has 0 saturated carbocycles. The molecule has 0 atom stereocenters. The normalized spacial score (nSPS) is 11.4. The molecule has 0 radical (unpaired) electrons. The van der Waals surface area contributed by atoms with Gasteiger partial charge >= 0.3 is 0 Å². The van der Waals surface area contributed by atoms with Crippen LogP contribution in [0.1, 0.15) is 0 Å². The molecule has 4 aromatic rings. The Kier molecular flexibility index (Phi) is 3.66. The van der Waals surface area contributed by atoms with Gasteiger partial charge in [-0.05, 0) is 36.4 Å². The third-order valence-electron chi connectivity index (χ3n) is 3.88. The summed E-state index contributed by atoms with van der Waals surface area (Å²) in [6.07, 6.45) is 0. The van der Waals surface area contributed by atoms with Crippen molar-refractivity contribution in [2.45, 2.75) is 6.54 Å². The van der Waals surface area contributed by atoms with E-state index in [1.807, 2.05) is 28.8 Å². The molecule has 2 aromatic carbocycles. The van der Waals surface area contributed by atoms with Crippen molar-refractivity contribution in [3.63, 3.8) is 0 Å². The van der Waals surface area contributed by atoms with Crippen LogP contribution in [0.4, 0.5) is 4.39 Å². The summed E-state index contributed by atoms with van der Waals surface area (Å²) in [5.41, 5.74) is 3.70. The highest BCUT2D eigenvalue weighted by Gasteiger charge is 2.15. The lowest BCUT2D eigenvalue weighted by Gasteiger charge is -2.08. The van der Waals surface area contributed by atoms with E-state index in [0.717, 1.165) is 16.6 Å². The van der Waals surface area contributed by atoms with Gasteiger partial charge in [-0.1, -0.05) is 12.1 Å². The van der Waals surface area contributed by atoms with Crippen LogP contribution < -0.4 is 0 Å². The molecule has 0 N–H and O–H groups in total. The predicted octanol–water partition coefficient (Wildman–Crippen LogP) is 3.43. The monoisotopic (exact) mass is 322 g/mol. The van der Waals surface area contributed by atoms with Crippen molar-refractivity contribution < 1.29 is 9.13 Å². The Balaban J connectivity index is 1.96. The van der Waals surface area contributed by atoms with E-state index in [2.05, 4.69) is 9.97 Å². The maximum atomic E-state index is 13.2. The second kappa shape index (κ2) is 5.98. The van der Waals surface area contributed by atoms with Crippen molar-refractivity contribution in [3.8, 4) is 11.4 Å². The molecule has 4 rings (SSSR count). The first-order valence-electron chi connectivity index (χ1n) is 7.64. The van der Waals surface area contributed by atoms with E-state index in [4.69, 9.17) is 9.72 Å².